The van der Waals surface area contributed by atoms with Gasteiger partial charge in [0.25, 0.3) is 0 Å². The predicted octanol–water partition coefficient (Wildman–Crippen LogP) is 5.57. The molecule has 0 bridgehead atoms. The van der Waals surface area contributed by atoms with Crippen LogP contribution in [0, 0.1) is 0 Å². The Morgan fingerprint density at radius 1 is 0.560 bits per heavy atom. The number of rotatable bonds is 8. The van der Waals surface area contributed by atoms with Gasteiger partial charge < -0.3 is 13.3 Å². The maximum Gasteiger partial charge on any atom is 0.699 e. The van der Waals surface area contributed by atoms with E-state index in [4.69, 9.17) is 13.3 Å². The predicted molar refractivity (Wildman–Crippen MR) is 102 cm³/mol. The lowest BCUT2D eigenvalue weighted by atomic mass is 10.3. The molecule has 0 aliphatic rings. The monoisotopic (exact) mass is 350 g/mol. The van der Waals surface area contributed by atoms with Gasteiger partial charge in [-0.3, -0.25) is 0 Å². The molecule has 0 heterocycles. The van der Waals surface area contributed by atoms with Crippen molar-refractivity contribution in [1.29, 1.82) is 0 Å². The van der Waals surface area contributed by atoms with E-state index in [1.807, 2.05) is 91.0 Å². The lowest BCUT2D eigenvalue weighted by Crippen LogP contribution is -2.54. The summed E-state index contributed by atoms with van der Waals surface area (Å²) in [6.45, 7) is 2.11. The van der Waals surface area contributed by atoms with Gasteiger partial charge in [-0.15, -0.1) is 0 Å². The molecule has 0 aromatic heterocycles. The quantitative estimate of drug-likeness (QED) is 0.497. The van der Waals surface area contributed by atoms with Crippen molar-refractivity contribution in [2.24, 2.45) is 0 Å². The molecule has 128 valence electrons. The fraction of sp³-hybridized carbons (Fsp3) is 0.143. The van der Waals surface area contributed by atoms with Crippen LogP contribution >= 0.6 is 0 Å². The maximum absolute atomic E-state index is 6.34. The largest absolute Gasteiger partial charge is 0.699 e. The molecule has 0 saturated carbocycles. The fourth-order valence-electron chi connectivity index (χ4n) is 2.53. The molecule has 3 rings (SSSR count). The Morgan fingerprint density at radius 2 is 0.880 bits per heavy atom. The van der Waals surface area contributed by atoms with Crippen molar-refractivity contribution < 1.29 is 13.3 Å². The second-order valence-corrected chi connectivity index (χ2v) is 8.16. The zero-order valence-electron chi connectivity index (χ0n) is 14.3. The van der Waals surface area contributed by atoms with E-state index < -0.39 is 8.80 Å². The highest BCUT2D eigenvalue weighted by atomic mass is 28.4. The number of hydrogen-bond donors (Lipinski definition) is 0. The summed E-state index contributed by atoms with van der Waals surface area (Å²) in [6, 6.07) is 29.9. The van der Waals surface area contributed by atoms with Crippen molar-refractivity contribution in [3.05, 3.63) is 91.0 Å². The van der Waals surface area contributed by atoms with E-state index in [0.717, 1.165) is 23.7 Å². The van der Waals surface area contributed by atoms with Gasteiger partial charge >= 0.3 is 8.80 Å². The smallest absolute Gasteiger partial charge is 0.483 e. The highest BCUT2D eigenvalue weighted by molar-refractivity contribution is 6.63. The summed E-state index contributed by atoms with van der Waals surface area (Å²) in [6.07, 6.45) is 0.902. The Kier molecular flexibility index (Phi) is 5.75. The van der Waals surface area contributed by atoms with E-state index in [9.17, 15) is 0 Å². The Hall–Kier alpha value is -2.72. The topological polar surface area (TPSA) is 27.7 Å². The number of benzene rings is 3. The van der Waals surface area contributed by atoms with Crippen molar-refractivity contribution in [1.82, 2.24) is 0 Å². The first-order chi connectivity index (χ1) is 12.3. The summed E-state index contributed by atoms with van der Waals surface area (Å²) in [5.74, 6) is 2.28. The van der Waals surface area contributed by atoms with Gasteiger partial charge in [-0.25, -0.2) is 0 Å². The first-order valence-electron chi connectivity index (χ1n) is 8.52. The Labute approximate surface area is 150 Å². The summed E-state index contributed by atoms with van der Waals surface area (Å²) in [4.78, 5) is 0. The van der Waals surface area contributed by atoms with Crippen molar-refractivity contribution in [3.63, 3.8) is 0 Å². The van der Waals surface area contributed by atoms with Gasteiger partial charge in [-0.1, -0.05) is 61.5 Å². The van der Waals surface area contributed by atoms with Crippen LogP contribution in [0.5, 0.6) is 17.2 Å². The van der Waals surface area contributed by atoms with Gasteiger partial charge in [0, 0.05) is 0 Å². The normalized spacial score (nSPS) is 10.9. The molecule has 0 aliphatic carbocycles. The summed E-state index contributed by atoms with van der Waals surface area (Å²) < 4.78 is 19.0. The van der Waals surface area contributed by atoms with Crippen molar-refractivity contribution in [2.75, 3.05) is 0 Å². The summed E-state index contributed by atoms with van der Waals surface area (Å²) in [7, 11) is -3.02. The van der Waals surface area contributed by atoms with Crippen molar-refractivity contribution in [3.8, 4) is 17.2 Å². The van der Waals surface area contributed by atoms with Gasteiger partial charge in [0.1, 0.15) is 17.2 Å². The summed E-state index contributed by atoms with van der Waals surface area (Å²) in [5, 5.41) is 0. The van der Waals surface area contributed by atoms with E-state index >= 15 is 0 Å². The Balaban J connectivity index is 1.94. The van der Waals surface area contributed by atoms with Crippen LogP contribution in [0.2, 0.25) is 6.04 Å². The highest BCUT2D eigenvalue weighted by Gasteiger charge is 2.48. The van der Waals surface area contributed by atoms with Gasteiger partial charge in [-0.05, 0) is 42.8 Å². The molecule has 3 aromatic rings. The molecule has 0 unspecified atom stereocenters. The standard InChI is InChI=1S/C21H22O3Si/c1-2-18-25(22-19-12-6-3-7-13-19,23-20-14-8-4-9-15-20)24-21-16-10-5-11-17-21/h3-17H,2,18H2,1H3. The average Bonchev–Trinajstić information content (AvgIpc) is 2.64. The van der Waals surface area contributed by atoms with Crippen LogP contribution in [-0.4, -0.2) is 8.80 Å². The van der Waals surface area contributed by atoms with E-state index in [2.05, 4.69) is 6.92 Å². The molecule has 0 saturated heterocycles. The minimum atomic E-state index is -3.02. The maximum atomic E-state index is 6.34. The molecule has 3 aromatic carbocycles. The van der Waals surface area contributed by atoms with Crippen molar-refractivity contribution >= 4 is 8.80 Å². The lowest BCUT2D eigenvalue weighted by Gasteiger charge is -2.30. The second-order valence-electron chi connectivity index (χ2n) is 5.68. The third-order valence-electron chi connectivity index (χ3n) is 3.61. The highest BCUT2D eigenvalue weighted by Crippen LogP contribution is 2.27. The number of para-hydroxylation sites is 3. The molecule has 0 radical (unpaired) electrons. The molecule has 0 spiro atoms. The van der Waals surface area contributed by atoms with Crippen LogP contribution in [0.4, 0.5) is 0 Å². The summed E-state index contributed by atoms with van der Waals surface area (Å²) >= 11 is 0. The van der Waals surface area contributed by atoms with Gasteiger partial charge in [0.15, 0.2) is 0 Å². The van der Waals surface area contributed by atoms with Crippen LogP contribution in [0.25, 0.3) is 0 Å². The zero-order valence-corrected chi connectivity index (χ0v) is 15.3. The first-order valence-corrected chi connectivity index (χ1v) is 10.4. The van der Waals surface area contributed by atoms with Gasteiger partial charge in [0.05, 0.1) is 6.04 Å². The molecule has 0 fully saturated rings. The first kappa shape index (κ1) is 17.1. The Morgan fingerprint density at radius 3 is 1.16 bits per heavy atom. The van der Waals surface area contributed by atoms with E-state index in [0.29, 0.717) is 6.04 Å². The molecule has 0 N–H and O–H groups in total. The van der Waals surface area contributed by atoms with Gasteiger partial charge in [-0.2, -0.15) is 0 Å². The van der Waals surface area contributed by atoms with E-state index in [-0.39, 0.29) is 0 Å². The third-order valence-corrected chi connectivity index (χ3v) is 6.36. The molecule has 25 heavy (non-hydrogen) atoms. The van der Waals surface area contributed by atoms with Crippen LogP contribution < -0.4 is 13.3 Å². The minimum Gasteiger partial charge on any atom is -0.483 e. The molecule has 0 atom stereocenters. The molecular formula is C21H22O3Si. The molecule has 4 heteroatoms. The minimum absolute atomic E-state index is 0.714. The fourth-order valence-corrected chi connectivity index (χ4v) is 5.06. The Bertz CT molecular complexity index is 646. The number of hydrogen-bond acceptors (Lipinski definition) is 3. The van der Waals surface area contributed by atoms with E-state index in [1.165, 1.54) is 0 Å². The van der Waals surface area contributed by atoms with Crippen molar-refractivity contribution in [2.45, 2.75) is 19.4 Å². The zero-order chi connectivity index (χ0) is 17.4. The van der Waals surface area contributed by atoms with Crippen LogP contribution in [0.15, 0.2) is 91.0 Å². The average molecular weight is 350 g/mol. The second kappa shape index (κ2) is 8.40. The molecule has 3 nitrogen and oxygen atoms in total. The van der Waals surface area contributed by atoms with Crippen LogP contribution in [0.3, 0.4) is 0 Å². The van der Waals surface area contributed by atoms with Crippen LogP contribution in [0.1, 0.15) is 13.3 Å². The molecule has 0 amide bonds. The SMILES string of the molecule is CCC[Si](Oc1ccccc1)(Oc1ccccc1)Oc1ccccc1. The molecular weight excluding hydrogens is 328 g/mol. The van der Waals surface area contributed by atoms with Gasteiger partial charge in [0.2, 0.25) is 0 Å². The summed E-state index contributed by atoms with van der Waals surface area (Å²) in [5.41, 5.74) is 0. The molecule has 0 aliphatic heterocycles. The van der Waals surface area contributed by atoms with Crippen LogP contribution in [-0.2, 0) is 0 Å². The van der Waals surface area contributed by atoms with E-state index in [1.54, 1.807) is 0 Å². The third kappa shape index (κ3) is 4.87. The lowest BCUT2D eigenvalue weighted by molar-refractivity contribution is 0.260.